The summed E-state index contributed by atoms with van der Waals surface area (Å²) in [5.74, 6) is 0.0290. The molecule has 0 aliphatic heterocycles. The first-order chi connectivity index (χ1) is 11.5. The van der Waals surface area contributed by atoms with Crippen LogP contribution < -0.4 is 15.7 Å². The monoisotopic (exact) mass is 347 g/mol. The van der Waals surface area contributed by atoms with Gasteiger partial charge in [0.05, 0.1) is 18.6 Å². The average molecular weight is 347 g/mol. The highest BCUT2D eigenvalue weighted by atomic mass is 32.2. The van der Waals surface area contributed by atoms with Crippen molar-refractivity contribution in [3.05, 3.63) is 59.3 Å². The molecule has 0 bridgehead atoms. The van der Waals surface area contributed by atoms with E-state index in [0.717, 1.165) is 11.8 Å². The highest BCUT2D eigenvalue weighted by molar-refractivity contribution is 8.14. The number of methoxy groups -OCH3 is 1. The number of Topliss-reactive ketones (excluding diaryl/α,β-unsaturated/α-hetero) is 1. The van der Waals surface area contributed by atoms with Gasteiger partial charge in [0.25, 0.3) is 0 Å². The number of ether oxygens (including phenoxy) is 1. The molecule has 7 nitrogen and oxygen atoms in total. The number of thioether (sulfide) groups is 1. The predicted molar refractivity (Wildman–Crippen MR) is 93.3 cm³/mol. The Morgan fingerprint density at radius 1 is 1.33 bits per heavy atom. The largest absolute Gasteiger partial charge is 0.595 e. The second kappa shape index (κ2) is 8.46. The molecule has 4 N–H and O–H groups in total. The quantitative estimate of drug-likeness (QED) is 0.317. The molecule has 24 heavy (non-hydrogen) atoms. The fourth-order valence-corrected chi connectivity index (χ4v) is 2.55. The number of quaternary nitrogens is 1. The summed E-state index contributed by atoms with van der Waals surface area (Å²) in [6.07, 6.45) is 0. The Bertz CT molecular complexity index is 735. The van der Waals surface area contributed by atoms with E-state index < -0.39 is 5.23 Å². The van der Waals surface area contributed by atoms with Crippen LogP contribution in [0.3, 0.4) is 0 Å². The number of ketones is 1. The minimum absolute atomic E-state index is 0.0562. The van der Waals surface area contributed by atoms with Crippen molar-refractivity contribution in [3.8, 4) is 5.75 Å². The first-order valence-corrected chi connectivity index (χ1v) is 7.96. The summed E-state index contributed by atoms with van der Waals surface area (Å²) in [4.78, 5) is 16.4. The lowest BCUT2D eigenvalue weighted by molar-refractivity contribution is -0.991. The minimum atomic E-state index is -1.15. The molecule has 0 aliphatic rings. The highest BCUT2D eigenvalue weighted by Crippen LogP contribution is 2.23. The van der Waals surface area contributed by atoms with Gasteiger partial charge in [0.2, 0.25) is 5.69 Å². The standard InChI is InChI=1S/C16H17N3O4S/c1-23-15-8-7-11(9-13(15)19(21)22)14(20)10-24-16(17)18-12-5-3-2-4-6-12/h2-9,19,21H,10H2,1H3,(H2,17,18). The Morgan fingerprint density at radius 2 is 2.04 bits per heavy atom. The van der Waals surface area contributed by atoms with Gasteiger partial charge in [-0.1, -0.05) is 30.0 Å². The second-order valence-corrected chi connectivity index (χ2v) is 5.71. The highest BCUT2D eigenvalue weighted by Gasteiger charge is 2.15. The van der Waals surface area contributed by atoms with Crippen molar-refractivity contribution in [2.45, 2.75) is 0 Å². The number of carbonyl (C=O) groups is 1. The van der Waals surface area contributed by atoms with Gasteiger partial charge in [0.1, 0.15) is 0 Å². The number of hydrogen-bond donors (Lipinski definition) is 3. The fourth-order valence-electron chi connectivity index (χ4n) is 1.93. The van der Waals surface area contributed by atoms with E-state index in [1.165, 1.54) is 25.3 Å². The molecule has 126 valence electrons. The van der Waals surface area contributed by atoms with Crippen molar-refractivity contribution in [2.75, 3.05) is 12.9 Å². The normalized spacial score (nSPS) is 12.7. The Morgan fingerprint density at radius 3 is 2.67 bits per heavy atom. The Hall–Kier alpha value is -2.39. The van der Waals surface area contributed by atoms with Crippen LogP contribution in [0, 0.1) is 5.21 Å². The van der Waals surface area contributed by atoms with E-state index >= 15 is 0 Å². The second-order valence-electron chi connectivity index (χ2n) is 4.72. The molecule has 0 amide bonds. The topological polar surface area (TPSA) is 112 Å². The summed E-state index contributed by atoms with van der Waals surface area (Å²) >= 11 is 1.10. The maximum absolute atomic E-state index is 12.2. The van der Waals surface area contributed by atoms with Gasteiger partial charge in [0, 0.05) is 11.6 Å². The molecule has 0 aromatic heterocycles. The lowest BCUT2D eigenvalue weighted by Gasteiger charge is -2.15. The summed E-state index contributed by atoms with van der Waals surface area (Å²) < 4.78 is 4.97. The van der Waals surface area contributed by atoms with Crippen LogP contribution in [0.5, 0.6) is 5.75 Å². The van der Waals surface area contributed by atoms with E-state index in [1.807, 2.05) is 18.2 Å². The molecule has 0 spiro atoms. The zero-order valence-corrected chi connectivity index (χ0v) is 13.7. The van der Waals surface area contributed by atoms with Crippen molar-refractivity contribution < 1.29 is 20.0 Å². The smallest absolute Gasteiger partial charge is 0.206 e. The number of rotatable bonds is 6. The Balaban J connectivity index is 2.05. The summed E-state index contributed by atoms with van der Waals surface area (Å²) in [5, 5.41) is 19.5. The Kier molecular flexibility index (Phi) is 6.33. The number of nitrogens with one attached hydrogen (secondary N) is 1. The first kappa shape index (κ1) is 18.0. The fraction of sp³-hybridized carbons (Fsp3) is 0.125. The SMILES string of the molecule is COc1ccc(C(=O)CSC(N)=Nc2ccccc2)cc1[NH+]([O-])O. The van der Waals surface area contributed by atoms with Gasteiger partial charge < -0.3 is 15.7 Å². The lowest BCUT2D eigenvalue weighted by atomic mass is 10.1. The van der Waals surface area contributed by atoms with E-state index in [-0.39, 0.29) is 33.7 Å². The molecule has 1 atom stereocenters. The third kappa shape index (κ3) is 4.80. The van der Waals surface area contributed by atoms with Crippen LogP contribution in [0.25, 0.3) is 0 Å². The number of carbonyl (C=O) groups excluding carboxylic acids is 1. The van der Waals surface area contributed by atoms with Crippen LogP contribution in [0.1, 0.15) is 10.4 Å². The third-order valence-electron chi connectivity index (χ3n) is 3.10. The number of hydrogen-bond acceptors (Lipinski definition) is 6. The van der Waals surface area contributed by atoms with Gasteiger partial charge in [-0.15, -0.1) is 0 Å². The minimum Gasteiger partial charge on any atom is -0.595 e. The van der Waals surface area contributed by atoms with Crippen molar-refractivity contribution in [3.63, 3.8) is 0 Å². The molecular weight excluding hydrogens is 330 g/mol. The molecule has 0 radical (unpaired) electrons. The zero-order chi connectivity index (χ0) is 17.5. The molecule has 2 aromatic rings. The Labute approximate surface area is 143 Å². The van der Waals surface area contributed by atoms with E-state index in [2.05, 4.69) is 4.99 Å². The van der Waals surface area contributed by atoms with Crippen LogP contribution in [-0.2, 0) is 0 Å². The summed E-state index contributed by atoms with van der Waals surface area (Å²) in [6, 6.07) is 13.4. The average Bonchev–Trinajstić information content (AvgIpc) is 2.59. The van der Waals surface area contributed by atoms with E-state index in [0.29, 0.717) is 5.69 Å². The molecule has 0 fully saturated rings. The number of para-hydroxylation sites is 1. The molecule has 1 unspecified atom stereocenters. The van der Waals surface area contributed by atoms with Gasteiger partial charge in [-0.3, -0.25) is 4.79 Å². The van der Waals surface area contributed by atoms with Gasteiger partial charge in [0.15, 0.2) is 16.7 Å². The number of aliphatic imine (C=N–C) groups is 1. The van der Waals surface area contributed by atoms with Crippen molar-refractivity contribution >= 4 is 34.1 Å². The molecule has 8 heteroatoms. The molecular formula is C16H17N3O4S. The van der Waals surface area contributed by atoms with Crippen LogP contribution in [0.2, 0.25) is 0 Å². The molecule has 0 saturated carbocycles. The van der Waals surface area contributed by atoms with Gasteiger partial charge in [-0.05, 0) is 24.3 Å². The van der Waals surface area contributed by atoms with Crippen molar-refractivity contribution in [1.82, 2.24) is 0 Å². The number of nitrogens with two attached hydrogens (primary N) is 1. The van der Waals surface area contributed by atoms with Gasteiger partial charge in [-0.2, -0.15) is 5.23 Å². The van der Waals surface area contributed by atoms with Gasteiger partial charge in [-0.25, -0.2) is 10.2 Å². The van der Waals surface area contributed by atoms with Crippen LogP contribution in [-0.4, -0.2) is 29.0 Å². The maximum atomic E-state index is 12.2. The van der Waals surface area contributed by atoms with Crippen LogP contribution >= 0.6 is 11.8 Å². The van der Waals surface area contributed by atoms with E-state index in [9.17, 15) is 10.0 Å². The van der Waals surface area contributed by atoms with Crippen molar-refractivity contribution in [1.29, 1.82) is 0 Å². The summed E-state index contributed by atoms with van der Waals surface area (Å²) in [5.41, 5.74) is 6.73. The van der Waals surface area contributed by atoms with E-state index in [1.54, 1.807) is 12.1 Å². The number of nitrogens with zero attached hydrogens (tertiary/aromatic N) is 1. The third-order valence-corrected chi connectivity index (χ3v) is 3.89. The molecule has 0 aliphatic carbocycles. The molecule has 2 aromatic carbocycles. The molecule has 0 heterocycles. The summed E-state index contributed by atoms with van der Waals surface area (Å²) in [6.45, 7) is 0. The van der Waals surface area contributed by atoms with E-state index in [4.69, 9.17) is 15.7 Å². The maximum Gasteiger partial charge on any atom is 0.206 e. The number of amidine groups is 1. The van der Waals surface area contributed by atoms with Crippen LogP contribution in [0.15, 0.2) is 53.5 Å². The zero-order valence-electron chi connectivity index (χ0n) is 12.9. The molecule has 0 saturated heterocycles. The summed E-state index contributed by atoms with van der Waals surface area (Å²) in [7, 11) is 1.37. The predicted octanol–water partition coefficient (Wildman–Crippen LogP) is 1.66. The van der Waals surface area contributed by atoms with Gasteiger partial charge >= 0.3 is 0 Å². The van der Waals surface area contributed by atoms with Crippen molar-refractivity contribution in [2.24, 2.45) is 10.7 Å². The first-order valence-electron chi connectivity index (χ1n) is 6.98. The number of benzene rings is 2. The molecule has 2 rings (SSSR count). The lowest BCUT2D eigenvalue weighted by Crippen LogP contribution is -2.99. The van der Waals surface area contributed by atoms with Crippen LogP contribution in [0.4, 0.5) is 11.4 Å².